The van der Waals surface area contributed by atoms with Gasteiger partial charge in [0.2, 0.25) is 5.91 Å². The van der Waals surface area contributed by atoms with Crippen LogP contribution < -0.4 is 5.32 Å². The van der Waals surface area contributed by atoms with Crippen LogP contribution in [0.15, 0.2) is 53.6 Å². The maximum absolute atomic E-state index is 13.0. The van der Waals surface area contributed by atoms with Gasteiger partial charge in [-0.15, -0.1) is 0 Å². The molecule has 6 heteroatoms. The molecular weight excluding hydrogens is 333 g/mol. The van der Waals surface area contributed by atoms with Crippen LogP contribution >= 0.6 is 0 Å². The Balaban J connectivity index is 1.65. The lowest BCUT2D eigenvalue weighted by atomic mass is 10.1. The van der Waals surface area contributed by atoms with Gasteiger partial charge in [-0.25, -0.2) is 9.40 Å². The average Bonchev–Trinajstić information content (AvgIpc) is 2.63. The fraction of sp³-hybridized carbons (Fsp3) is 0.250. The second-order valence-electron chi connectivity index (χ2n) is 6.30. The normalized spacial score (nSPS) is 14.2. The van der Waals surface area contributed by atoms with Gasteiger partial charge in [0.15, 0.2) is 0 Å². The lowest BCUT2D eigenvalue weighted by Gasteiger charge is -2.23. The second kappa shape index (κ2) is 7.91. The highest BCUT2D eigenvalue weighted by Gasteiger charge is 2.24. The van der Waals surface area contributed by atoms with E-state index in [9.17, 15) is 14.0 Å². The average molecular weight is 353 g/mol. The van der Waals surface area contributed by atoms with Crippen LogP contribution in [0.2, 0.25) is 0 Å². The number of rotatable bonds is 5. The summed E-state index contributed by atoms with van der Waals surface area (Å²) in [5.74, 6) is -0.758. The number of nitrogens with zero attached hydrogens (tertiary/aromatic N) is 2. The number of hydrogen-bond acceptors (Lipinski definition) is 3. The molecule has 3 rings (SSSR count). The first-order chi connectivity index (χ1) is 12.5. The Hall–Kier alpha value is -3.02. The van der Waals surface area contributed by atoms with Crippen LogP contribution in [-0.2, 0) is 22.7 Å². The van der Waals surface area contributed by atoms with Crippen molar-refractivity contribution in [3.05, 3.63) is 71.0 Å². The zero-order chi connectivity index (χ0) is 18.5. The molecule has 0 fully saturated rings. The molecule has 0 radical (unpaired) electrons. The Kier molecular flexibility index (Phi) is 5.41. The fourth-order valence-electron chi connectivity index (χ4n) is 2.76. The monoisotopic (exact) mass is 353 g/mol. The molecule has 1 heterocycles. The Morgan fingerprint density at radius 3 is 2.65 bits per heavy atom. The fourth-order valence-corrected chi connectivity index (χ4v) is 2.76. The zero-order valence-electron chi connectivity index (χ0n) is 14.5. The van der Waals surface area contributed by atoms with Crippen LogP contribution in [0, 0.1) is 12.7 Å². The Morgan fingerprint density at radius 2 is 1.92 bits per heavy atom. The van der Waals surface area contributed by atoms with E-state index >= 15 is 0 Å². The van der Waals surface area contributed by atoms with Crippen LogP contribution in [0.4, 0.5) is 4.39 Å². The molecule has 0 aliphatic carbocycles. The van der Waals surface area contributed by atoms with E-state index in [1.807, 2.05) is 31.2 Å². The number of hydrogen-bond donors (Lipinski definition) is 1. The van der Waals surface area contributed by atoms with Gasteiger partial charge in [-0.05, 0) is 30.2 Å². The summed E-state index contributed by atoms with van der Waals surface area (Å²) in [5, 5.41) is 8.33. The Bertz CT molecular complexity index is 846. The number of carbonyl (C=O) groups is 2. The molecule has 0 aromatic heterocycles. The number of amides is 2. The number of hydrazone groups is 1. The third-order valence-corrected chi connectivity index (χ3v) is 4.15. The van der Waals surface area contributed by atoms with Crippen LogP contribution in [-0.4, -0.2) is 22.5 Å². The van der Waals surface area contributed by atoms with E-state index in [-0.39, 0.29) is 30.6 Å². The van der Waals surface area contributed by atoms with Crippen molar-refractivity contribution in [3.63, 3.8) is 0 Å². The summed E-state index contributed by atoms with van der Waals surface area (Å²) in [6.07, 6.45) is 0.552. The predicted octanol–water partition coefficient (Wildman–Crippen LogP) is 2.93. The third-order valence-electron chi connectivity index (χ3n) is 4.15. The van der Waals surface area contributed by atoms with Gasteiger partial charge in [0, 0.05) is 19.4 Å². The van der Waals surface area contributed by atoms with Crippen molar-refractivity contribution in [1.29, 1.82) is 0 Å². The largest absolute Gasteiger partial charge is 0.347 e. The van der Waals surface area contributed by atoms with Gasteiger partial charge in [0.05, 0.1) is 6.54 Å². The Labute approximate surface area is 151 Å². The Morgan fingerprint density at radius 1 is 1.15 bits per heavy atom. The maximum atomic E-state index is 13.0. The van der Waals surface area contributed by atoms with E-state index in [1.54, 1.807) is 12.1 Å². The van der Waals surface area contributed by atoms with Crippen LogP contribution in [0.5, 0.6) is 0 Å². The molecule has 0 atom stereocenters. The van der Waals surface area contributed by atoms with E-state index in [2.05, 4.69) is 10.4 Å². The number of halogens is 1. The topological polar surface area (TPSA) is 61.8 Å². The van der Waals surface area contributed by atoms with Gasteiger partial charge in [0.1, 0.15) is 11.5 Å². The summed E-state index contributed by atoms with van der Waals surface area (Å²) in [5.41, 5.74) is 3.22. The van der Waals surface area contributed by atoms with E-state index in [4.69, 9.17) is 0 Å². The third kappa shape index (κ3) is 4.53. The summed E-state index contributed by atoms with van der Waals surface area (Å²) in [6.45, 7) is 2.62. The van der Waals surface area contributed by atoms with Crippen LogP contribution in [0.3, 0.4) is 0 Å². The zero-order valence-corrected chi connectivity index (χ0v) is 14.5. The molecule has 0 unspecified atom stereocenters. The highest BCUT2D eigenvalue weighted by atomic mass is 19.1. The van der Waals surface area contributed by atoms with E-state index in [0.717, 1.165) is 16.7 Å². The first-order valence-corrected chi connectivity index (χ1v) is 8.47. The molecule has 0 saturated heterocycles. The lowest BCUT2D eigenvalue weighted by molar-refractivity contribution is -0.132. The van der Waals surface area contributed by atoms with Crippen molar-refractivity contribution in [2.45, 2.75) is 32.9 Å². The van der Waals surface area contributed by atoms with Gasteiger partial charge in [-0.1, -0.05) is 42.0 Å². The minimum absolute atomic E-state index is 0.149. The molecule has 0 spiro atoms. The highest BCUT2D eigenvalue weighted by molar-refractivity contribution is 6.39. The second-order valence-corrected chi connectivity index (χ2v) is 6.30. The molecule has 1 aliphatic rings. The van der Waals surface area contributed by atoms with Gasteiger partial charge >= 0.3 is 0 Å². The van der Waals surface area contributed by atoms with Crippen molar-refractivity contribution in [2.24, 2.45) is 5.10 Å². The van der Waals surface area contributed by atoms with Crippen molar-refractivity contribution in [3.8, 4) is 0 Å². The predicted molar refractivity (Wildman–Crippen MR) is 96.6 cm³/mol. The lowest BCUT2D eigenvalue weighted by Crippen LogP contribution is -2.38. The molecule has 1 aliphatic heterocycles. The standard InChI is InChI=1S/C20H20FN3O2/c1-14-3-2-4-16(11-14)12-22-20(26)18-9-10-19(25)24(23-18)13-15-5-7-17(21)8-6-15/h2-8,11H,9-10,12-13H2,1H3,(H,22,26). The number of carbonyl (C=O) groups excluding carboxylic acids is 2. The first kappa shape index (κ1) is 17.8. The molecule has 2 aromatic rings. The molecule has 26 heavy (non-hydrogen) atoms. The van der Waals surface area contributed by atoms with Crippen molar-refractivity contribution in [2.75, 3.05) is 0 Å². The summed E-state index contributed by atoms with van der Waals surface area (Å²) >= 11 is 0. The quantitative estimate of drug-likeness (QED) is 0.898. The SMILES string of the molecule is Cc1cccc(CNC(=O)C2=NN(Cc3ccc(F)cc3)C(=O)CC2)c1. The summed E-state index contributed by atoms with van der Waals surface area (Å²) < 4.78 is 13.0. The molecule has 0 bridgehead atoms. The van der Waals surface area contributed by atoms with Crippen LogP contribution in [0.25, 0.3) is 0 Å². The maximum Gasteiger partial charge on any atom is 0.267 e. The van der Waals surface area contributed by atoms with Gasteiger partial charge in [0.25, 0.3) is 5.91 Å². The summed E-state index contributed by atoms with van der Waals surface area (Å²) in [4.78, 5) is 24.4. The minimum Gasteiger partial charge on any atom is -0.347 e. The van der Waals surface area contributed by atoms with Crippen LogP contribution in [0.1, 0.15) is 29.5 Å². The van der Waals surface area contributed by atoms with Crippen molar-refractivity contribution < 1.29 is 14.0 Å². The van der Waals surface area contributed by atoms with Gasteiger partial charge < -0.3 is 5.32 Å². The molecule has 0 saturated carbocycles. The minimum atomic E-state index is -0.335. The summed E-state index contributed by atoms with van der Waals surface area (Å²) in [6, 6.07) is 13.8. The van der Waals surface area contributed by atoms with Gasteiger partial charge in [-0.2, -0.15) is 5.10 Å². The number of aryl methyl sites for hydroxylation is 1. The molecular formula is C20H20FN3O2. The van der Waals surface area contributed by atoms with E-state index in [1.165, 1.54) is 17.1 Å². The summed E-state index contributed by atoms with van der Waals surface area (Å²) in [7, 11) is 0. The first-order valence-electron chi connectivity index (χ1n) is 8.47. The van der Waals surface area contributed by atoms with E-state index in [0.29, 0.717) is 18.7 Å². The molecule has 134 valence electrons. The van der Waals surface area contributed by atoms with Gasteiger partial charge in [-0.3, -0.25) is 9.59 Å². The smallest absolute Gasteiger partial charge is 0.267 e. The molecule has 1 N–H and O–H groups in total. The van der Waals surface area contributed by atoms with E-state index < -0.39 is 0 Å². The molecule has 2 aromatic carbocycles. The van der Waals surface area contributed by atoms with Crippen molar-refractivity contribution >= 4 is 17.5 Å². The number of nitrogens with one attached hydrogen (secondary N) is 1. The highest BCUT2D eigenvalue weighted by Crippen LogP contribution is 2.14. The van der Waals surface area contributed by atoms with Crippen molar-refractivity contribution in [1.82, 2.24) is 10.3 Å². The molecule has 2 amide bonds. The molecule has 5 nitrogen and oxygen atoms in total. The number of benzene rings is 2.